The molecule has 0 fully saturated rings. The van der Waals surface area contributed by atoms with Crippen LogP contribution in [0.5, 0.6) is 5.75 Å². The second-order valence-corrected chi connectivity index (χ2v) is 3.92. The van der Waals surface area contributed by atoms with Crippen molar-refractivity contribution in [1.82, 2.24) is 0 Å². The third kappa shape index (κ3) is 2.92. The van der Waals surface area contributed by atoms with Crippen LogP contribution < -0.4 is 10.6 Å². The van der Waals surface area contributed by atoms with Crippen molar-refractivity contribution >= 4 is 11.7 Å². The van der Waals surface area contributed by atoms with Gasteiger partial charge in [-0.2, -0.15) is 0 Å². The number of methoxy groups -OCH3 is 1. The van der Waals surface area contributed by atoms with Crippen LogP contribution in [0.25, 0.3) is 0 Å². The summed E-state index contributed by atoms with van der Waals surface area (Å²) in [6.07, 6.45) is 0. The number of carbonyl (C=O) groups excluding carboxylic acids is 1. The third-order valence-corrected chi connectivity index (χ3v) is 2.93. The zero-order valence-electron chi connectivity index (χ0n) is 11.0. The van der Waals surface area contributed by atoms with Crippen LogP contribution in [0.1, 0.15) is 25.5 Å². The van der Waals surface area contributed by atoms with E-state index in [1.165, 1.54) is 7.11 Å². The molecular formula is C13H20N2O3. The van der Waals surface area contributed by atoms with Crippen LogP contribution in [-0.4, -0.2) is 31.3 Å². The van der Waals surface area contributed by atoms with Crippen molar-refractivity contribution in [1.29, 1.82) is 0 Å². The highest BCUT2D eigenvalue weighted by Crippen LogP contribution is 2.28. The number of carbonyl (C=O) groups is 1. The Balaban J connectivity index is 3.02. The molecule has 1 aromatic carbocycles. The molecule has 3 N–H and O–H groups in total. The van der Waals surface area contributed by atoms with Crippen molar-refractivity contribution in [2.75, 3.05) is 25.1 Å². The van der Waals surface area contributed by atoms with Gasteiger partial charge in [0, 0.05) is 30.4 Å². The molecule has 0 saturated heterocycles. The van der Waals surface area contributed by atoms with Gasteiger partial charge in [-0.1, -0.05) is 6.07 Å². The van der Waals surface area contributed by atoms with E-state index >= 15 is 0 Å². The fraction of sp³-hybridized carbons (Fsp3) is 0.462. The highest BCUT2D eigenvalue weighted by molar-refractivity contribution is 5.78. The summed E-state index contributed by atoms with van der Waals surface area (Å²) in [4.78, 5) is 13.4. The molecule has 100 valence electrons. The average molecular weight is 252 g/mol. The Kier molecular flexibility index (Phi) is 4.97. The van der Waals surface area contributed by atoms with E-state index in [0.29, 0.717) is 5.56 Å². The van der Waals surface area contributed by atoms with E-state index in [4.69, 9.17) is 5.73 Å². The first-order chi connectivity index (χ1) is 8.54. The second kappa shape index (κ2) is 6.26. The predicted octanol–water partition coefficient (Wildman–Crippen LogP) is 1.41. The van der Waals surface area contributed by atoms with Gasteiger partial charge >= 0.3 is 5.97 Å². The summed E-state index contributed by atoms with van der Waals surface area (Å²) in [5, 5.41) is 9.93. The Morgan fingerprint density at radius 3 is 2.50 bits per heavy atom. The molecule has 0 aliphatic carbocycles. The van der Waals surface area contributed by atoms with E-state index in [1.807, 2.05) is 19.9 Å². The molecule has 0 aliphatic heterocycles. The van der Waals surface area contributed by atoms with Crippen LogP contribution in [0.4, 0.5) is 5.69 Å². The van der Waals surface area contributed by atoms with Gasteiger partial charge in [0.05, 0.1) is 7.11 Å². The van der Waals surface area contributed by atoms with E-state index < -0.39 is 12.0 Å². The molecule has 1 atom stereocenters. The summed E-state index contributed by atoms with van der Waals surface area (Å²) in [7, 11) is 1.27. The first-order valence-electron chi connectivity index (χ1n) is 5.96. The SMILES string of the molecule is CCN(CC)c1ccc([C@@H](N)C(=O)OC)c(O)c1. The standard InChI is InChI=1S/C13H20N2O3/c1-4-15(5-2)9-6-7-10(11(16)8-9)12(14)13(17)18-3/h6-8,12,16H,4-5,14H2,1-3H3/t12-/m1/s1. The summed E-state index contributed by atoms with van der Waals surface area (Å²) >= 11 is 0. The maximum absolute atomic E-state index is 11.3. The Morgan fingerprint density at radius 1 is 1.44 bits per heavy atom. The summed E-state index contributed by atoms with van der Waals surface area (Å²) in [5.41, 5.74) is 6.97. The van der Waals surface area contributed by atoms with Crippen molar-refractivity contribution in [3.05, 3.63) is 23.8 Å². The molecule has 18 heavy (non-hydrogen) atoms. The zero-order valence-corrected chi connectivity index (χ0v) is 11.0. The Labute approximate surface area is 107 Å². The Bertz CT molecular complexity index is 417. The molecule has 1 aromatic rings. The van der Waals surface area contributed by atoms with Crippen LogP contribution in [0.15, 0.2) is 18.2 Å². The van der Waals surface area contributed by atoms with Crippen molar-refractivity contribution in [2.45, 2.75) is 19.9 Å². The number of aromatic hydroxyl groups is 1. The first-order valence-corrected chi connectivity index (χ1v) is 5.96. The monoisotopic (exact) mass is 252 g/mol. The van der Waals surface area contributed by atoms with E-state index in [1.54, 1.807) is 12.1 Å². The Morgan fingerprint density at radius 2 is 2.06 bits per heavy atom. The number of esters is 1. The number of anilines is 1. The number of rotatable bonds is 5. The largest absolute Gasteiger partial charge is 0.508 e. The van der Waals surface area contributed by atoms with Crippen molar-refractivity contribution in [3.8, 4) is 5.75 Å². The van der Waals surface area contributed by atoms with Gasteiger partial charge in [-0.25, -0.2) is 0 Å². The van der Waals surface area contributed by atoms with Crippen LogP contribution in [-0.2, 0) is 9.53 Å². The predicted molar refractivity (Wildman–Crippen MR) is 70.6 cm³/mol. The van der Waals surface area contributed by atoms with Gasteiger partial charge in [-0.05, 0) is 19.9 Å². The van der Waals surface area contributed by atoms with Crippen LogP contribution in [0, 0.1) is 0 Å². The molecule has 0 aromatic heterocycles. The smallest absolute Gasteiger partial charge is 0.327 e. The fourth-order valence-electron chi connectivity index (χ4n) is 1.83. The molecule has 0 radical (unpaired) electrons. The number of nitrogens with zero attached hydrogens (tertiary/aromatic N) is 1. The summed E-state index contributed by atoms with van der Waals surface area (Å²) in [6.45, 7) is 5.76. The molecule has 5 heteroatoms. The van der Waals surface area contributed by atoms with Crippen molar-refractivity contribution in [3.63, 3.8) is 0 Å². The van der Waals surface area contributed by atoms with Gasteiger partial charge in [-0.15, -0.1) is 0 Å². The number of ether oxygens (including phenoxy) is 1. The lowest BCUT2D eigenvalue weighted by molar-refractivity contribution is -0.142. The number of phenolic OH excluding ortho intramolecular Hbond substituents is 1. The van der Waals surface area contributed by atoms with Gasteiger partial charge in [-0.3, -0.25) is 4.79 Å². The zero-order chi connectivity index (χ0) is 13.7. The number of hydrogen-bond acceptors (Lipinski definition) is 5. The first kappa shape index (κ1) is 14.3. The lowest BCUT2D eigenvalue weighted by Gasteiger charge is -2.22. The quantitative estimate of drug-likeness (QED) is 0.775. The van der Waals surface area contributed by atoms with E-state index in [-0.39, 0.29) is 5.75 Å². The molecule has 0 heterocycles. The Hall–Kier alpha value is -1.75. The highest BCUT2D eigenvalue weighted by Gasteiger charge is 2.20. The van der Waals surface area contributed by atoms with Gasteiger partial charge < -0.3 is 20.5 Å². The molecule has 0 unspecified atom stereocenters. The molecule has 0 aliphatic rings. The maximum Gasteiger partial charge on any atom is 0.327 e. The molecule has 1 rings (SSSR count). The molecule has 0 amide bonds. The average Bonchev–Trinajstić information content (AvgIpc) is 2.38. The normalized spacial score (nSPS) is 12.0. The summed E-state index contributed by atoms with van der Waals surface area (Å²) < 4.78 is 4.56. The number of benzene rings is 1. The molecule has 0 saturated carbocycles. The minimum absolute atomic E-state index is 0.0114. The number of hydrogen-bond donors (Lipinski definition) is 2. The third-order valence-electron chi connectivity index (χ3n) is 2.93. The maximum atomic E-state index is 11.3. The number of nitrogens with two attached hydrogens (primary N) is 1. The summed E-state index contributed by atoms with van der Waals surface area (Å²) in [6, 6.07) is 4.15. The van der Waals surface area contributed by atoms with Gasteiger partial charge in [0.2, 0.25) is 0 Å². The van der Waals surface area contributed by atoms with Crippen LogP contribution in [0.2, 0.25) is 0 Å². The van der Waals surface area contributed by atoms with Crippen molar-refractivity contribution in [2.24, 2.45) is 5.73 Å². The molecule has 0 spiro atoms. The minimum atomic E-state index is -0.958. The molecule has 5 nitrogen and oxygen atoms in total. The molecule has 0 bridgehead atoms. The number of phenols is 1. The minimum Gasteiger partial charge on any atom is -0.508 e. The van der Waals surface area contributed by atoms with Gasteiger partial charge in [0.1, 0.15) is 11.8 Å². The highest BCUT2D eigenvalue weighted by atomic mass is 16.5. The van der Waals surface area contributed by atoms with E-state index in [0.717, 1.165) is 18.8 Å². The topological polar surface area (TPSA) is 75.8 Å². The van der Waals surface area contributed by atoms with Crippen LogP contribution >= 0.6 is 0 Å². The van der Waals surface area contributed by atoms with Crippen LogP contribution in [0.3, 0.4) is 0 Å². The van der Waals surface area contributed by atoms with E-state index in [9.17, 15) is 9.90 Å². The van der Waals surface area contributed by atoms with Gasteiger partial charge in [0.15, 0.2) is 0 Å². The lowest BCUT2D eigenvalue weighted by atomic mass is 10.1. The molecular weight excluding hydrogens is 232 g/mol. The summed E-state index contributed by atoms with van der Waals surface area (Å²) in [5.74, 6) is -0.557. The fourth-order valence-corrected chi connectivity index (χ4v) is 1.83. The van der Waals surface area contributed by atoms with Crippen molar-refractivity contribution < 1.29 is 14.6 Å². The second-order valence-electron chi connectivity index (χ2n) is 3.92. The van der Waals surface area contributed by atoms with Gasteiger partial charge in [0.25, 0.3) is 0 Å². The van der Waals surface area contributed by atoms with E-state index in [2.05, 4.69) is 9.64 Å². The lowest BCUT2D eigenvalue weighted by Crippen LogP contribution is -2.24.